The predicted molar refractivity (Wildman–Crippen MR) is 120 cm³/mol. The summed E-state index contributed by atoms with van der Waals surface area (Å²) in [5.74, 6) is 0.848. The lowest BCUT2D eigenvalue weighted by atomic mass is 9.91. The molecule has 0 bridgehead atoms. The first-order chi connectivity index (χ1) is 15.1. The zero-order chi connectivity index (χ0) is 21.4. The predicted octanol–water partition coefficient (Wildman–Crippen LogP) is 5.28. The summed E-state index contributed by atoms with van der Waals surface area (Å²) in [6, 6.07) is 10.9. The quantitative estimate of drug-likeness (QED) is 0.582. The first-order valence-corrected chi connectivity index (χ1v) is 11.4. The number of nitrogens with zero attached hydrogens (tertiary/aromatic N) is 3. The van der Waals surface area contributed by atoms with E-state index in [0.29, 0.717) is 11.9 Å². The van der Waals surface area contributed by atoms with Gasteiger partial charge < -0.3 is 9.32 Å². The molecule has 1 aromatic carbocycles. The van der Waals surface area contributed by atoms with Gasteiger partial charge in [-0.3, -0.25) is 9.78 Å². The molecule has 0 radical (unpaired) electrons. The van der Waals surface area contributed by atoms with E-state index in [4.69, 9.17) is 9.40 Å². The maximum atomic E-state index is 13.3. The van der Waals surface area contributed by atoms with Gasteiger partial charge in [0.2, 0.25) is 0 Å². The number of aromatic nitrogens is 2. The van der Waals surface area contributed by atoms with E-state index in [2.05, 4.69) is 47.1 Å². The Balaban J connectivity index is 1.37. The fourth-order valence-electron chi connectivity index (χ4n) is 4.98. The normalized spacial score (nSPS) is 17.1. The van der Waals surface area contributed by atoms with Crippen molar-refractivity contribution < 1.29 is 9.21 Å². The van der Waals surface area contributed by atoms with E-state index < -0.39 is 0 Å². The molecule has 160 valence electrons. The van der Waals surface area contributed by atoms with Crippen LogP contribution in [0.1, 0.15) is 70.9 Å². The molecule has 1 aliphatic heterocycles. The summed E-state index contributed by atoms with van der Waals surface area (Å²) in [5.41, 5.74) is 7.02. The van der Waals surface area contributed by atoms with Crippen molar-refractivity contribution in [2.75, 3.05) is 6.54 Å². The van der Waals surface area contributed by atoms with Crippen molar-refractivity contribution in [1.82, 2.24) is 14.9 Å². The Morgan fingerprint density at radius 1 is 1.06 bits per heavy atom. The van der Waals surface area contributed by atoms with Crippen LogP contribution in [0.4, 0.5) is 0 Å². The van der Waals surface area contributed by atoms with Crippen molar-refractivity contribution >= 4 is 5.91 Å². The van der Waals surface area contributed by atoms with Gasteiger partial charge in [-0.2, -0.15) is 0 Å². The van der Waals surface area contributed by atoms with E-state index >= 15 is 0 Å². The van der Waals surface area contributed by atoms with Crippen LogP contribution in [0.15, 0.2) is 41.0 Å². The molecular formula is C26H29N3O2. The standard InChI is InChI=1S/C26H29N3O2/c1-17-21(14-19-8-10-20(11-9-19)25-16-31-18(2)28-25)15-23-24(27-17)12-13-29(26(23)30)22-6-4-3-5-7-22/h8-11,15-16,22H,3-7,12-14H2,1-2H3. The molecule has 3 aromatic rings. The smallest absolute Gasteiger partial charge is 0.255 e. The number of pyridine rings is 1. The largest absolute Gasteiger partial charge is 0.449 e. The van der Waals surface area contributed by atoms with Gasteiger partial charge in [0.05, 0.1) is 11.3 Å². The zero-order valence-electron chi connectivity index (χ0n) is 18.4. The molecule has 31 heavy (non-hydrogen) atoms. The van der Waals surface area contributed by atoms with Crippen LogP contribution in [-0.4, -0.2) is 33.4 Å². The Morgan fingerprint density at radius 2 is 1.84 bits per heavy atom. The van der Waals surface area contributed by atoms with Crippen LogP contribution in [0.3, 0.4) is 0 Å². The number of carbonyl (C=O) groups excluding carboxylic acids is 1. The van der Waals surface area contributed by atoms with Crippen molar-refractivity contribution in [3.05, 3.63) is 70.6 Å². The molecule has 0 saturated heterocycles. The van der Waals surface area contributed by atoms with Gasteiger partial charge in [0.1, 0.15) is 12.0 Å². The summed E-state index contributed by atoms with van der Waals surface area (Å²) < 4.78 is 5.32. The van der Waals surface area contributed by atoms with Crippen molar-refractivity contribution in [2.24, 2.45) is 0 Å². The van der Waals surface area contributed by atoms with Crippen molar-refractivity contribution in [3.63, 3.8) is 0 Å². The number of oxazole rings is 1. The highest BCUT2D eigenvalue weighted by molar-refractivity contribution is 5.96. The SMILES string of the molecule is Cc1nc(-c2ccc(Cc3cc4c(nc3C)CCN(C3CCCCC3)C4=O)cc2)co1. The van der Waals surface area contributed by atoms with Gasteiger partial charge >= 0.3 is 0 Å². The monoisotopic (exact) mass is 415 g/mol. The second kappa shape index (κ2) is 8.29. The Labute approximate surface area is 183 Å². The number of aryl methyl sites for hydroxylation is 2. The van der Waals surface area contributed by atoms with Crippen molar-refractivity contribution in [3.8, 4) is 11.3 Å². The minimum absolute atomic E-state index is 0.179. The fraction of sp³-hybridized carbons (Fsp3) is 0.423. The molecule has 0 atom stereocenters. The van der Waals surface area contributed by atoms with Crippen LogP contribution in [-0.2, 0) is 12.8 Å². The summed E-state index contributed by atoms with van der Waals surface area (Å²) in [4.78, 5) is 24.7. The molecule has 1 saturated carbocycles. The second-order valence-electron chi connectivity index (χ2n) is 8.89. The Kier molecular flexibility index (Phi) is 5.34. The van der Waals surface area contributed by atoms with Crippen LogP contribution in [0.2, 0.25) is 0 Å². The van der Waals surface area contributed by atoms with Crippen LogP contribution >= 0.6 is 0 Å². The van der Waals surface area contributed by atoms with Crippen LogP contribution in [0.5, 0.6) is 0 Å². The number of hydrogen-bond donors (Lipinski definition) is 0. The molecule has 0 N–H and O–H groups in total. The van der Waals surface area contributed by atoms with E-state index in [0.717, 1.165) is 66.0 Å². The topological polar surface area (TPSA) is 59.2 Å². The molecule has 3 heterocycles. The highest BCUT2D eigenvalue weighted by atomic mass is 16.3. The highest BCUT2D eigenvalue weighted by Crippen LogP contribution is 2.29. The lowest BCUT2D eigenvalue weighted by molar-refractivity contribution is 0.0612. The molecule has 1 fully saturated rings. The minimum Gasteiger partial charge on any atom is -0.449 e. The summed E-state index contributed by atoms with van der Waals surface area (Å²) in [7, 11) is 0. The van der Waals surface area contributed by atoms with Crippen molar-refractivity contribution in [2.45, 2.75) is 64.8 Å². The minimum atomic E-state index is 0.179. The first kappa shape index (κ1) is 20.0. The Hall–Kier alpha value is -2.95. The van der Waals surface area contributed by atoms with Gasteiger partial charge in [0.15, 0.2) is 5.89 Å². The number of hydrogen-bond acceptors (Lipinski definition) is 4. The maximum Gasteiger partial charge on any atom is 0.255 e. The van der Waals surface area contributed by atoms with E-state index in [1.54, 1.807) is 6.26 Å². The van der Waals surface area contributed by atoms with Gasteiger partial charge in [0, 0.05) is 37.2 Å². The number of rotatable bonds is 4. The van der Waals surface area contributed by atoms with Gasteiger partial charge in [-0.1, -0.05) is 43.5 Å². The molecule has 5 rings (SSSR count). The van der Waals surface area contributed by atoms with E-state index in [-0.39, 0.29) is 5.91 Å². The molecule has 2 aromatic heterocycles. The number of amides is 1. The van der Waals surface area contributed by atoms with Gasteiger partial charge in [-0.05, 0) is 43.4 Å². The first-order valence-electron chi connectivity index (χ1n) is 11.4. The zero-order valence-corrected chi connectivity index (χ0v) is 18.4. The molecule has 5 heteroatoms. The van der Waals surface area contributed by atoms with Gasteiger partial charge in [-0.15, -0.1) is 0 Å². The lowest BCUT2D eigenvalue weighted by Gasteiger charge is -2.37. The third-order valence-electron chi connectivity index (χ3n) is 6.76. The molecule has 2 aliphatic rings. The van der Waals surface area contributed by atoms with Crippen LogP contribution < -0.4 is 0 Å². The summed E-state index contributed by atoms with van der Waals surface area (Å²) in [6.45, 7) is 4.71. The summed E-state index contributed by atoms with van der Waals surface area (Å²) >= 11 is 0. The van der Waals surface area contributed by atoms with Crippen LogP contribution in [0, 0.1) is 13.8 Å². The third kappa shape index (κ3) is 4.01. The maximum absolute atomic E-state index is 13.3. The molecule has 5 nitrogen and oxygen atoms in total. The van der Waals surface area contributed by atoms with Crippen molar-refractivity contribution in [1.29, 1.82) is 0 Å². The lowest BCUT2D eigenvalue weighted by Crippen LogP contribution is -2.45. The van der Waals surface area contributed by atoms with E-state index in [1.165, 1.54) is 24.8 Å². The fourth-order valence-corrected chi connectivity index (χ4v) is 4.98. The Morgan fingerprint density at radius 3 is 2.55 bits per heavy atom. The van der Waals surface area contributed by atoms with E-state index in [9.17, 15) is 4.79 Å². The van der Waals surface area contributed by atoms with Crippen LogP contribution in [0.25, 0.3) is 11.3 Å². The molecule has 0 unspecified atom stereocenters. The third-order valence-corrected chi connectivity index (χ3v) is 6.76. The number of fused-ring (bicyclic) bond motifs is 1. The Bertz CT molecular complexity index is 1090. The summed E-state index contributed by atoms with van der Waals surface area (Å²) in [6.07, 6.45) is 9.38. The number of benzene rings is 1. The highest BCUT2D eigenvalue weighted by Gasteiger charge is 2.32. The molecular weight excluding hydrogens is 386 g/mol. The molecule has 0 spiro atoms. The van der Waals surface area contributed by atoms with Gasteiger partial charge in [0.25, 0.3) is 5.91 Å². The second-order valence-corrected chi connectivity index (χ2v) is 8.89. The van der Waals surface area contributed by atoms with E-state index in [1.807, 2.05) is 6.92 Å². The average molecular weight is 416 g/mol. The number of carbonyl (C=O) groups is 1. The van der Waals surface area contributed by atoms with Gasteiger partial charge in [-0.25, -0.2) is 4.98 Å². The average Bonchev–Trinajstić information content (AvgIpc) is 3.22. The molecule has 1 amide bonds. The molecule has 1 aliphatic carbocycles. The summed E-state index contributed by atoms with van der Waals surface area (Å²) in [5, 5.41) is 0.